The smallest absolute Gasteiger partial charge is 0.110 e. The van der Waals surface area contributed by atoms with Gasteiger partial charge in [-0.05, 0) is 5.56 Å². The Bertz CT molecular complexity index is 357. The molecule has 1 heterocycles. The van der Waals surface area contributed by atoms with Crippen LogP contribution in [0.1, 0.15) is 5.56 Å². The summed E-state index contributed by atoms with van der Waals surface area (Å²) in [5, 5.41) is 38.7. The second-order valence-electron chi connectivity index (χ2n) is 4.80. The van der Waals surface area contributed by atoms with E-state index in [1.807, 2.05) is 35.2 Å². The van der Waals surface area contributed by atoms with Crippen molar-refractivity contribution in [2.75, 3.05) is 13.1 Å². The van der Waals surface area contributed by atoms with Crippen LogP contribution in [0.4, 0.5) is 0 Å². The van der Waals surface area contributed by atoms with Crippen LogP contribution in [0.5, 0.6) is 0 Å². The molecular formula is C13H19NO4. The topological polar surface area (TPSA) is 84.2 Å². The number of hydrogen-bond donors (Lipinski definition) is 4. The molecule has 0 radical (unpaired) electrons. The summed E-state index contributed by atoms with van der Waals surface area (Å²) in [5.74, 6) is 0. The minimum atomic E-state index is -1.30. The summed E-state index contributed by atoms with van der Waals surface area (Å²) in [6, 6.07) is 9.67. The summed E-state index contributed by atoms with van der Waals surface area (Å²) < 4.78 is 0. The van der Waals surface area contributed by atoms with Crippen LogP contribution >= 0.6 is 0 Å². The average molecular weight is 253 g/mol. The second-order valence-corrected chi connectivity index (χ2v) is 4.80. The van der Waals surface area contributed by atoms with Crippen LogP contribution < -0.4 is 0 Å². The minimum absolute atomic E-state index is 0.226. The lowest BCUT2D eigenvalue weighted by molar-refractivity contribution is -0.0894. The van der Waals surface area contributed by atoms with Crippen LogP contribution in [0.15, 0.2) is 30.3 Å². The van der Waals surface area contributed by atoms with Gasteiger partial charge in [-0.2, -0.15) is 0 Å². The Labute approximate surface area is 106 Å². The standard InChI is InChI=1S/C13H19NO4/c15-10-7-14(6-9-4-2-1-3-5-9)8-11(16)13(18)12(10)17/h1-5,10-13,15-18H,6-8H2. The summed E-state index contributed by atoms with van der Waals surface area (Å²) in [7, 11) is 0. The normalized spacial score (nSPS) is 34.2. The van der Waals surface area contributed by atoms with Crippen LogP contribution in [0.25, 0.3) is 0 Å². The Morgan fingerprint density at radius 3 is 1.89 bits per heavy atom. The molecule has 0 spiro atoms. The SMILES string of the molecule is OC1CN(Cc2ccccc2)CC(O)C(O)C1O. The van der Waals surface area contributed by atoms with Crippen LogP contribution in [-0.2, 0) is 6.54 Å². The van der Waals surface area contributed by atoms with Gasteiger partial charge >= 0.3 is 0 Å². The van der Waals surface area contributed by atoms with Gasteiger partial charge in [0.1, 0.15) is 12.2 Å². The molecule has 0 aliphatic carbocycles. The molecule has 0 saturated carbocycles. The van der Waals surface area contributed by atoms with E-state index in [0.717, 1.165) is 5.56 Å². The number of aliphatic hydroxyl groups excluding tert-OH is 4. The van der Waals surface area contributed by atoms with E-state index in [9.17, 15) is 20.4 Å². The van der Waals surface area contributed by atoms with Crippen molar-refractivity contribution in [3.05, 3.63) is 35.9 Å². The molecule has 1 fully saturated rings. The number of aliphatic hydroxyl groups is 4. The Morgan fingerprint density at radius 2 is 1.39 bits per heavy atom. The highest BCUT2D eigenvalue weighted by Gasteiger charge is 2.36. The van der Waals surface area contributed by atoms with Gasteiger partial charge in [-0.1, -0.05) is 30.3 Å². The summed E-state index contributed by atoms with van der Waals surface area (Å²) in [6.07, 6.45) is -4.72. The molecule has 5 nitrogen and oxygen atoms in total. The van der Waals surface area contributed by atoms with Gasteiger partial charge in [0.2, 0.25) is 0 Å². The number of β-amino-alcohol motifs (C(OH)–C–C–N with tert-alkyl or cyclic N) is 2. The largest absolute Gasteiger partial charge is 0.389 e. The molecule has 4 N–H and O–H groups in total. The average Bonchev–Trinajstić information content (AvgIpc) is 2.44. The molecule has 4 unspecified atom stereocenters. The maximum Gasteiger partial charge on any atom is 0.110 e. The fourth-order valence-electron chi connectivity index (χ4n) is 2.25. The third kappa shape index (κ3) is 3.07. The van der Waals surface area contributed by atoms with Crippen molar-refractivity contribution < 1.29 is 20.4 Å². The molecule has 1 aromatic carbocycles. The lowest BCUT2D eigenvalue weighted by atomic mass is 10.1. The van der Waals surface area contributed by atoms with Crippen molar-refractivity contribution in [1.82, 2.24) is 4.90 Å². The molecule has 0 aromatic heterocycles. The van der Waals surface area contributed by atoms with E-state index in [1.54, 1.807) is 0 Å². The summed E-state index contributed by atoms with van der Waals surface area (Å²) in [5.41, 5.74) is 1.06. The number of rotatable bonds is 2. The van der Waals surface area contributed by atoms with E-state index in [1.165, 1.54) is 0 Å². The Balaban J connectivity index is 2.05. The molecule has 4 atom stereocenters. The van der Waals surface area contributed by atoms with Crippen LogP contribution in [-0.4, -0.2) is 62.8 Å². The van der Waals surface area contributed by atoms with Gasteiger partial charge in [-0.15, -0.1) is 0 Å². The first-order valence-corrected chi connectivity index (χ1v) is 6.06. The van der Waals surface area contributed by atoms with Gasteiger partial charge in [-0.25, -0.2) is 0 Å². The summed E-state index contributed by atoms with van der Waals surface area (Å²) >= 11 is 0. The fraction of sp³-hybridized carbons (Fsp3) is 0.538. The second kappa shape index (κ2) is 5.77. The molecule has 1 aliphatic heterocycles. The van der Waals surface area contributed by atoms with Gasteiger partial charge in [0.25, 0.3) is 0 Å². The highest BCUT2D eigenvalue weighted by Crippen LogP contribution is 2.15. The van der Waals surface area contributed by atoms with Crippen molar-refractivity contribution in [2.45, 2.75) is 31.0 Å². The molecule has 100 valence electrons. The lowest BCUT2D eigenvalue weighted by Crippen LogP contribution is -2.43. The predicted molar refractivity (Wildman–Crippen MR) is 65.7 cm³/mol. The third-order valence-electron chi connectivity index (χ3n) is 3.28. The van der Waals surface area contributed by atoms with Gasteiger partial charge < -0.3 is 20.4 Å². The van der Waals surface area contributed by atoms with Crippen LogP contribution in [0.2, 0.25) is 0 Å². The number of benzene rings is 1. The van der Waals surface area contributed by atoms with E-state index in [-0.39, 0.29) is 13.1 Å². The van der Waals surface area contributed by atoms with Crippen molar-refractivity contribution >= 4 is 0 Å². The van der Waals surface area contributed by atoms with Crippen molar-refractivity contribution in [3.8, 4) is 0 Å². The van der Waals surface area contributed by atoms with Gasteiger partial charge in [0.15, 0.2) is 0 Å². The Hall–Kier alpha value is -0.980. The van der Waals surface area contributed by atoms with Crippen LogP contribution in [0.3, 0.4) is 0 Å². The molecule has 18 heavy (non-hydrogen) atoms. The van der Waals surface area contributed by atoms with Crippen molar-refractivity contribution in [1.29, 1.82) is 0 Å². The van der Waals surface area contributed by atoms with Crippen molar-refractivity contribution in [2.24, 2.45) is 0 Å². The first kappa shape index (κ1) is 13.5. The number of nitrogens with zero attached hydrogens (tertiary/aromatic N) is 1. The Kier molecular flexibility index (Phi) is 4.31. The predicted octanol–water partition coefficient (Wildman–Crippen LogP) is -1.05. The number of hydrogen-bond acceptors (Lipinski definition) is 5. The lowest BCUT2D eigenvalue weighted by Gasteiger charge is -2.23. The molecular weight excluding hydrogens is 234 g/mol. The van der Waals surface area contributed by atoms with Gasteiger partial charge in [0.05, 0.1) is 12.2 Å². The molecule has 0 amide bonds. The molecule has 5 heteroatoms. The zero-order valence-corrected chi connectivity index (χ0v) is 10.1. The molecule has 2 rings (SSSR count). The maximum atomic E-state index is 9.73. The quantitative estimate of drug-likeness (QED) is 0.540. The zero-order chi connectivity index (χ0) is 13.1. The first-order valence-electron chi connectivity index (χ1n) is 6.06. The first-order chi connectivity index (χ1) is 8.58. The highest BCUT2D eigenvalue weighted by molar-refractivity contribution is 5.14. The molecule has 1 saturated heterocycles. The van der Waals surface area contributed by atoms with Crippen LogP contribution in [0, 0.1) is 0 Å². The number of likely N-dealkylation sites (tertiary alicyclic amines) is 1. The summed E-state index contributed by atoms with van der Waals surface area (Å²) in [4.78, 5) is 1.82. The Morgan fingerprint density at radius 1 is 0.889 bits per heavy atom. The van der Waals surface area contributed by atoms with E-state index in [0.29, 0.717) is 6.54 Å². The van der Waals surface area contributed by atoms with E-state index >= 15 is 0 Å². The highest BCUT2D eigenvalue weighted by atomic mass is 16.4. The van der Waals surface area contributed by atoms with E-state index in [4.69, 9.17) is 0 Å². The summed E-state index contributed by atoms with van der Waals surface area (Å²) in [6.45, 7) is 1.02. The molecule has 0 bridgehead atoms. The monoisotopic (exact) mass is 253 g/mol. The fourth-order valence-corrected chi connectivity index (χ4v) is 2.25. The zero-order valence-electron chi connectivity index (χ0n) is 10.1. The van der Waals surface area contributed by atoms with E-state index < -0.39 is 24.4 Å². The van der Waals surface area contributed by atoms with Crippen molar-refractivity contribution in [3.63, 3.8) is 0 Å². The third-order valence-corrected chi connectivity index (χ3v) is 3.28. The molecule has 1 aliphatic rings. The minimum Gasteiger partial charge on any atom is -0.389 e. The van der Waals surface area contributed by atoms with Gasteiger partial charge in [-0.3, -0.25) is 4.90 Å². The van der Waals surface area contributed by atoms with E-state index in [2.05, 4.69) is 0 Å². The van der Waals surface area contributed by atoms with Gasteiger partial charge in [0, 0.05) is 19.6 Å². The maximum absolute atomic E-state index is 9.73. The molecule has 1 aromatic rings.